The third-order valence-electron chi connectivity index (χ3n) is 7.29. The van der Waals surface area contributed by atoms with Crippen LogP contribution in [-0.4, -0.2) is 45.7 Å². The second-order valence-corrected chi connectivity index (χ2v) is 9.91. The van der Waals surface area contributed by atoms with Gasteiger partial charge in [-0.05, 0) is 68.6 Å². The minimum absolute atomic E-state index is 0.0360. The minimum Gasteiger partial charge on any atom is -0.489 e. The van der Waals surface area contributed by atoms with Gasteiger partial charge in [0.05, 0.1) is 11.2 Å². The summed E-state index contributed by atoms with van der Waals surface area (Å²) in [6.45, 7) is 9.83. The molecule has 3 aromatic rings. The van der Waals surface area contributed by atoms with Crippen molar-refractivity contribution in [3.63, 3.8) is 0 Å². The number of ether oxygens (including phenoxy) is 1. The number of pyridine rings is 1. The number of nitrogens with one attached hydrogen (secondary N) is 2. The molecule has 8 heteroatoms. The zero-order valence-electron chi connectivity index (χ0n) is 22.1. The fourth-order valence-corrected chi connectivity index (χ4v) is 5.50. The Morgan fingerprint density at radius 2 is 2.00 bits per heavy atom. The number of rotatable bonds is 10. The minimum atomic E-state index is -0.651. The van der Waals surface area contributed by atoms with Gasteiger partial charge in [-0.1, -0.05) is 31.2 Å². The Hall–Kier alpha value is -3.75. The first-order chi connectivity index (χ1) is 18.4. The van der Waals surface area contributed by atoms with Crippen LogP contribution in [0.5, 0.6) is 5.75 Å². The number of hydrogen-bond donors (Lipinski definition) is 3. The van der Waals surface area contributed by atoms with E-state index < -0.39 is 11.6 Å². The van der Waals surface area contributed by atoms with Gasteiger partial charge in [-0.3, -0.25) is 24.7 Å². The number of aromatic nitrogens is 1. The molecule has 2 heterocycles. The maximum Gasteiger partial charge on any atom is 0.252 e. The quantitative estimate of drug-likeness (QED) is 0.204. The first-order valence-corrected chi connectivity index (χ1v) is 13.1. The number of hydroxylamine groups is 1. The van der Waals surface area contributed by atoms with Crippen molar-refractivity contribution in [2.75, 3.05) is 13.1 Å². The standard InChI is InChI=1S/C30H36N4O4/c1-4-15-30(19-22(18-28(35)33-37)14-16-34(30)5-2)32-29(36)23-10-12-25(13-11-23)38-20-24-17-21(3)31-27-9-7-6-8-26(24)27/h4,6-13,17,22,37H,1,5,14-16,18-20H2,2-3H3,(H,32,36)(H,33,35)/t22-,30-/m0/s1. The summed E-state index contributed by atoms with van der Waals surface area (Å²) < 4.78 is 6.06. The zero-order chi connectivity index (χ0) is 27.1. The molecular formula is C30H36N4O4. The van der Waals surface area contributed by atoms with Gasteiger partial charge >= 0.3 is 0 Å². The summed E-state index contributed by atoms with van der Waals surface area (Å²) in [5, 5.41) is 13.3. The highest BCUT2D eigenvalue weighted by Gasteiger charge is 2.42. The number of fused-ring (bicyclic) bond motifs is 1. The summed E-state index contributed by atoms with van der Waals surface area (Å²) >= 11 is 0. The summed E-state index contributed by atoms with van der Waals surface area (Å²) in [6.07, 6.45) is 3.96. The molecule has 0 saturated carbocycles. The molecule has 4 rings (SSSR count). The molecule has 0 aliphatic carbocycles. The summed E-state index contributed by atoms with van der Waals surface area (Å²) in [5.41, 5.74) is 4.53. The van der Waals surface area contributed by atoms with Gasteiger partial charge in [0.2, 0.25) is 5.91 Å². The highest BCUT2D eigenvalue weighted by atomic mass is 16.5. The smallest absolute Gasteiger partial charge is 0.252 e. The Labute approximate surface area is 223 Å². The fraction of sp³-hybridized carbons (Fsp3) is 0.367. The molecule has 1 aromatic heterocycles. The lowest BCUT2D eigenvalue weighted by Gasteiger charge is -2.49. The number of carbonyl (C=O) groups is 2. The monoisotopic (exact) mass is 516 g/mol. The van der Waals surface area contributed by atoms with Crippen LogP contribution >= 0.6 is 0 Å². The second-order valence-electron chi connectivity index (χ2n) is 9.91. The number of hydrogen-bond acceptors (Lipinski definition) is 6. The Morgan fingerprint density at radius 3 is 2.71 bits per heavy atom. The molecule has 2 amide bonds. The van der Waals surface area contributed by atoms with Gasteiger partial charge in [0, 0.05) is 41.6 Å². The van der Waals surface area contributed by atoms with Crippen molar-refractivity contribution >= 4 is 22.7 Å². The lowest BCUT2D eigenvalue weighted by atomic mass is 9.81. The van der Waals surface area contributed by atoms with Crippen LogP contribution in [-0.2, 0) is 11.4 Å². The summed E-state index contributed by atoms with van der Waals surface area (Å²) in [6, 6.07) is 17.2. The maximum absolute atomic E-state index is 13.4. The SMILES string of the molecule is C=CC[C@@]1(NC(=O)c2ccc(OCc3cc(C)nc4ccccc34)cc2)C[C@H](CC(=O)NO)CCN1CC. The highest BCUT2D eigenvalue weighted by molar-refractivity contribution is 5.94. The number of benzene rings is 2. The van der Waals surface area contributed by atoms with Crippen molar-refractivity contribution in [1.29, 1.82) is 0 Å². The van der Waals surface area contributed by atoms with E-state index in [4.69, 9.17) is 9.94 Å². The molecule has 2 aromatic carbocycles. The van der Waals surface area contributed by atoms with E-state index in [2.05, 4.69) is 28.7 Å². The Kier molecular flexibility index (Phi) is 8.76. The molecule has 1 aliphatic rings. The van der Waals surface area contributed by atoms with Gasteiger partial charge < -0.3 is 10.1 Å². The van der Waals surface area contributed by atoms with E-state index in [1.165, 1.54) is 0 Å². The van der Waals surface area contributed by atoms with Crippen molar-refractivity contribution in [2.45, 2.75) is 51.8 Å². The summed E-state index contributed by atoms with van der Waals surface area (Å²) in [7, 11) is 0. The van der Waals surface area contributed by atoms with Crippen molar-refractivity contribution in [3.05, 3.63) is 84.1 Å². The fourth-order valence-electron chi connectivity index (χ4n) is 5.50. The van der Waals surface area contributed by atoms with E-state index >= 15 is 0 Å². The lowest BCUT2D eigenvalue weighted by Crippen LogP contribution is -2.64. The van der Waals surface area contributed by atoms with Crippen LogP contribution in [0.2, 0.25) is 0 Å². The second kappa shape index (κ2) is 12.2. The van der Waals surface area contributed by atoms with Crippen LogP contribution in [0.25, 0.3) is 10.9 Å². The molecule has 0 bridgehead atoms. The molecule has 38 heavy (non-hydrogen) atoms. The summed E-state index contributed by atoms with van der Waals surface area (Å²) in [5.74, 6) is 0.0989. The molecule has 3 N–H and O–H groups in total. The van der Waals surface area contributed by atoms with E-state index in [9.17, 15) is 9.59 Å². The number of amides is 2. The number of likely N-dealkylation sites (tertiary alicyclic amines) is 1. The molecule has 200 valence electrons. The first kappa shape index (κ1) is 27.3. The molecule has 0 spiro atoms. The van der Waals surface area contributed by atoms with E-state index in [0.717, 1.165) is 41.7 Å². The maximum atomic E-state index is 13.4. The van der Waals surface area contributed by atoms with Crippen molar-refractivity contribution in [3.8, 4) is 5.75 Å². The lowest BCUT2D eigenvalue weighted by molar-refractivity contribution is -0.131. The van der Waals surface area contributed by atoms with Crippen LogP contribution in [0.3, 0.4) is 0 Å². The Balaban J connectivity index is 1.46. The number of carbonyl (C=O) groups excluding carboxylic acids is 2. The molecular weight excluding hydrogens is 480 g/mol. The zero-order valence-corrected chi connectivity index (χ0v) is 22.1. The average molecular weight is 517 g/mol. The van der Waals surface area contributed by atoms with E-state index in [1.54, 1.807) is 35.8 Å². The molecule has 1 saturated heterocycles. The van der Waals surface area contributed by atoms with Gasteiger partial charge in [-0.15, -0.1) is 6.58 Å². The molecule has 8 nitrogen and oxygen atoms in total. The third kappa shape index (κ3) is 6.20. The van der Waals surface area contributed by atoms with E-state index in [1.807, 2.05) is 37.3 Å². The highest BCUT2D eigenvalue weighted by Crippen LogP contribution is 2.35. The molecule has 2 atom stereocenters. The predicted octanol–water partition coefficient (Wildman–Crippen LogP) is 4.75. The van der Waals surface area contributed by atoms with Gasteiger partial charge in [-0.25, -0.2) is 5.48 Å². The van der Waals surface area contributed by atoms with Crippen LogP contribution in [0.1, 0.15) is 54.2 Å². The van der Waals surface area contributed by atoms with Gasteiger partial charge in [0.15, 0.2) is 0 Å². The van der Waals surface area contributed by atoms with Crippen LogP contribution in [0, 0.1) is 12.8 Å². The third-order valence-corrected chi connectivity index (χ3v) is 7.29. The van der Waals surface area contributed by atoms with Crippen molar-refractivity contribution in [2.24, 2.45) is 5.92 Å². The van der Waals surface area contributed by atoms with Gasteiger partial charge in [0.25, 0.3) is 5.91 Å². The largest absolute Gasteiger partial charge is 0.489 e. The number of para-hydroxylation sites is 1. The number of nitrogens with zero attached hydrogens (tertiary/aromatic N) is 2. The number of piperidine rings is 1. The van der Waals surface area contributed by atoms with Crippen molar-refractivity contribution in [1.82, 2.24) is 20.7 Å². The predicted molar refractivity (Wildman–Crippen MR) is 147 cm³/mol. The average Bonchev–Trinajstić information content (AvgIpc) is 2.92. The van der Waals surface area contributed by atoms with E-state index in [0.29, 0.717) is 30.8 Å². The normalized spacial score (nSPS) is 19.6. The summed E-state index contributed by atoms with van der Waals surface area (Å²) in [4.78, 5) is 32.0. The molecule has 1 fully saturated rings. The van der Waals surface area contributed by atoms with Crippen LogP contribution in [0.4, 0.5) is 0 Å². The van der Waals surface area contributed by atoms with Gasteiger partial charge in [0.1, 0.15) is 12.4 Å². The van der Waals surface area contributed by atoms with Crippen LogP contribution < -0.4 is 15.5 Å². The molecule has 0 radical (unpaired) electrons. The van der Waals surface area contributed by atoms with Crippen molar-refractivity contribution < 1.29 is 19.5 Å². The van der Waals surface area contributed by atoms with Crippen LogP contribution in [0.15, 0.2) is 67.3 Å². The number of aryl methyl sites for hydroxylation is 1. The molecule has 0 unspecified atom stereocenters. The van der Waals surface area contributed by atoms with E-state index in [-0.39, 0.29) is 18.2 Å². The Morgan fingerprint density at radius 1 is 1.24 bits per heavy atom. The Bertz CT molecular complexity index is 1290. The first-order valence-electron chi connectivity index (χ1n) is 13.1. The topological polar surface area (TPSA) is 104 Å². The molecule has 1 aliphatic heterocycles. The van der Waals surface area contributed by atoms with Gasteiger partial charge in [-0.2, -0.15) is 0 Å².